The van der Waals surface area contributed by atoms with Crippen LogP contribution in [0.1, 0.15) is 19.4 Å². The molecule has 0 radical (unpaired) electrons. The highest BCUT2D eigenvalue weighted by molar-refractivity contribution is 6.05. The number of amides is 1. The molecule has 0 fully saturated rings. The van der Waals surface area contributed by atoms with Gasteiger partial charge in [-0.2, -0.15) is 0 Å². The van der Waals surface area contributed by atoms with E-state index in [1.807, 2.05) is 43.3 Å². The number of methoxy groups -OCH3 is 1. The van der Waals surface area contributed by atoms with Gasteiger partial charge in [-0.05, 0) is 31.7 Å². The molecule has 0 N–H and O–H groups in total. The maximum Gasteiger partial charge on any atom is 0.415 e. The average Bonchev–Trinajstić information content (AvgIpc) is 2.56. The van der Waals surface area contributed by atoms with Crippen molar-refractivity contribution in [3.8, 4) is 0 Å². The smallest absolute Gasteiger partial charge is 0.415 e. The number of carbonyl (C=O) groups is 2. The number of rotatable bonds is 4. The van der Waals surface area contributed by atoms with Gasteiger partial charge in [-0.3, -0.25) is 4.90 Å². The summed E-state index contributed by atoms with van der Waals surface area (Å²) in [6.07, 6.45) is -0.565. The summed E-state index contributed by atoms with van der Waals surface area (Å²) in [7, 11) is 1.30. The van der Waals surface area contributed by atoms with Crippen LogP contribution in [0.15, 0.2) is 36.4 Å². The Morgan fingerprint density at radius 1 is 1.17 bits per heavy atom. The molecule has 0 saturated heterocycles. The van der Waals surface area contributed by atoms with E-state index in [1.165, 1.54) is 12.0 Å². The van der Waals surface area contributed by atoms with Gasteiger partial charge in [0.15, 0.2) is 0 Å². The fourth-order valence-corrected chi connectivity index (χ4v) is 2.60. The van der Waals surface area contributed by atoms with Crippen LogP contribution in [0.2, 0.25) is 0 Å². The zero-order valence-electron chi connectivity index (χ0n) is 13.8. The summed E-state index contributed by atoms with van der Waals surface area (Å²) in [5, 5.41) is 1.87. The minimum atomic E-state index is -0.788. The molecule has 5 heteroatoms. The third kappa shape index (κ3) is 3.28. The monoisotopic (exact) mass is 315 g/mol. The van der Waals surface area contributed by atoms with Gasteiger partial charge < -0.3 is 9.47 Å². The van der Waals surface area contributed by atoms with Gasteiger partial charge in [0.05, 0.1) is 19.4 Å². The Balaban J connectivity index is 2.66. The van der Waals surface area contributed by atoms with Crippen molar-refractivity contribution in [1.29, 1.82) is 0 Å². The molecule has 0 aliphatic heterocycles. The van der Waals surface area contributed by atoms with Crippen molar-refractivity contribution in [2.75, 3.05) is 18.6 Å². The van der Waals surface area contributed by atoms with Crippen LogP contribution in [0.3, 0.4) is 0 Å². The third-order valence-corrected chi connectivity index (χ3v) is 3.74. The van der Waals surface area contributed by atoms with Crippen LogP contribution in [0.25, 0.3) is 10.8 Å². The highest BCUT2D eigenvalue weighted by Crippen LogP contribution is 2.32. The van der Waals surface area contributed by atoms with E-state index in [-0.39, 0.29) is 6.61 Å². The first kappa shape index (κ1) is 16.8. The lowest BCUT2D eigenvalue weighted by Gasteiger charge is -2.29. The molecular formula is C18H21NO4. The van der Waals surface area contributed by atoms with E-state index in [4.69, 9.17) is 9.47 Å². The number of ether oxygens (including phenoxy) is 2. The molecule has 2 aromatic carbocycles. The normalized spacial score (nSPS) is 11.8. The number of anilines is 1. The molecule has 23 heavy (non-hydrogen) atoms. The van der Waals surface area contributed by atoms with Crippen molar-refractivity contribution in [3.05, 3.63) is 42.0 Å². The summed E-state index contributed by atoms with van der Waals surface area (Å²) in [4.78, 5) is 25.9. The molecule has 2 aromatic rings. The Kier molecular flexibility index (Phi) is 5.21. The lowest BCUT2D eigenvalue weighted by Crippen LogP contribution is -2.44. The first-order valence-corrected chi connectivity index (χ1v) is 7.53. The Morgan fingerprint density at radius 2 is 1.87 bits per heavy atom. The number of nitrogens with zero attached hydrogens (tertiary/aromatic N) is 1. The van der Waals surface area contributed by atoms with Gasteiger partial charge in [-0.1, -0.05) is 36.4 Å². The maximum absolute atomic E-state index is 12.5. The van der Waals surface area contributed by atoms with Crippen LogP contribution in [-0.2, 0) is 14.3 Å². The minimum absolute atomic E-state index is 0.229. The maximum atomic E-state index is 12.5. The van der Waals surface area contributed by atoms with Crippen LogP contribution < -0.4 is 4.90 Å². The highest BCUT2D eigenvalue weighted by atomic mass is 16.6. The molecule has 0 aromatic heterocycles. The van der Waals surface area contributed by atoms with E-state index in [9.17, 15) is 9.59 Å². The molecule has 0 bridgehead atoms. The molecule has 0 heterocycles. The quantitative estimate of drug-likeness (QED) is 0.808. The third-order valence-electron chi connectivity index (χ3n) is 3.74. The number of carbonyl (C=O) groups excluding carboxylic acids is 2. The van der Waals surface area contributed by atoms with E-state index < -0.39 is 18.1 Å². The number of hydrogen-bond donors (Lipinski definition) is 0. The van der Waals surface area contributed by atoms with Gasteiger partial charge >= 0.3 is 12.1 Å². The second kappa shape index (κ2) is 7.13. The fraction of sp³-hybridized carbons (Fsp3) is 0.333. The first-order chi connectivity index (χ1) is 11.0. The van der Waals surface area contributed by atoms with E-state index >= 15 is 0 Å². The van der Waals surface area contributed by atoms with Gasteiger partial charge in [0.25, 0.3) is 0 Å². The van der Waals surface area contributed by atoms with Crippen molar-refractivity contribution in [1.82, 2.24) is 0 Å². The summed E-state index contributed by atoms with van der Waals surface area (Å²) < 4.78 is 9.96. The van der Waals surface area contributed by atoms with Crippen LogP contribution in [0.4, 0.5) is 10.5 Å². The average molecular weight is 315 g/mol. The SMILES string of the molecule is CCOC(=O)N(c1c(C)ccc2ccccc12)[C@@H](C)C(=O)OC. The Labute approximate surface area is 135 Å². The summed E-state index contributed by atoms with van der Waals surface area (Å²) in [6.45, 7) is 5.49. The van der Waals surface area contributed by atoms with Gasteiger partial charge in [-0.25, -0.2) is 9.59 Å². The van der Waals surface area contributed by atoms with Crippen LogP contribution in [0.5, 0.6) is 0 Å². The van der Waals surface area contributed by atoms with Crippen LogP contribution in [0, 0.1) is 6.92 Å². The van der Waals surface area contributed by atoms with Crippen molar-refractivity contribution in [3.63, 3.8) is 0 Å². The predicted molar refractivity (Wildman–Crippen MR) is 89.7 cm³/mol. The summed E-state index contributed by atoms with van der Waals surface area (Å²) in [5.41, 5.74) is 1.55. The molecule has 0 saturated carbocycles. The highest BCUT2D eigenvalue weighted by Gasteiger charge is 2.31. The van der Waals surface area contributed by atoms with Gasteiger partial charge in [-0.15, -0.1) is 0 Å². The molecule has 122 valence electrons. The van der Waals surface area contributed by atoms with Gasteiger partial charge in [0.2, 0.25) is 0 Å². The predicted octanol–water partition coefficient (Wildman–Crippen LogP) is 3.67. The van der Waals surface area contributed by atoms with Gasteiger partial charge in [0.1, 0.15) is 6.04 Å². The summed E-state index contributed by atoms with van der Waals surface area (Å²) >= 11 is 0. The van der Waals surface area contributed by atoms with E-state index in [0.717, 1.165) is 16.3 Å². The van der Waals surface area contributed by atoms with Crippen molar-refractivity contribution in [2.45, 2.75) is 26.8 Å². The largest absolute Gasteiger partial charge is 0.467 e. The minimum Gasteiger partial charge on any atom is -0.467 e. The molecule has 0 spiro atoms. The van der Waals surface area contributed by atoms with E-state index in [0.29, 0.717) is 5.69 Å². The van der Waals surface area contributed by atoms with Crippen LogP contribution >= 0.6 is 0 Å². The first-order valence-electron chi connectivity index (χ1n) is 7.53. The molecule has 0 unspecified atom stereocenters. The zero-order chi connectivity index (χ0) is 17.0. The zero-order valence-corrected chi connectivity index (χ0v) is 13.8. The van der Waals surface area contributed by atoms with E-state index in [2.05, 4.69) is 0 Å². The number of fused-ring (bicyclic) bond motifs is 1. The Morgan fingerprint density at radius 3 is 2.52 bits per heavy atom. The number of hydrogen-bond acceptors (Lipinski definition) is 4. The van der Waals surface area contributed by atoms with Crippen LogP contribution in [-0.4, -0.2) is 31.8 Å². The summed E-state index contributed by atoms with van der Waals surface area (Å²) in [6, 6.07) is 10.8. The lowest BCUT2D eigenvalue weighted by atomic mass is 10.0. The van der Waals surface area contributed by atoms with Crippen molar-refractivity contribution >= 4 is 28.5 Å². The van der Waals surface area contributed by atoms with E-state index in [1.54, 1.807) is 13.8 Å². The fourth-order valence-electron chi connectivity index (χ4n) is 2.60. The molecule has 5 nitrogen and oxygen atoms in total. The number of esters is 1. The molecule has 2 rings (SSSR count). The molecule has 1 amide bonds. The second-order valence-corrected chi connectivity index (χ2v) is 5.22. The lowest BCUT2D eigenvalue weighted by molar-refractivity contribution is -0.141. The van der Waals surface area contributed by atoms with Crippen molar-refractivity contribution < 1.29 is 19.1 Å². The van der Waals surface area contributed by atoms with Crippen molar-refractivity contribution in [2.24, 2.45) is 0 Å². The second-order valence-electron chi connectivity index (χ2n) is 5.22. The molecule has 0 aliphatic carbocycles. The Bertz CT molecular complexity index is 726. The molecular weight excluding hydrogens is 294 g/mol. The topological polar surface area (TPSA) is 55.8 Å². The Hall–Kier alpha value is -2.56. The molecule has 1 atom stereocenters. The van der Waals surface area contributed by atoms with Gasteiger partial charge in [0, 0.05) is 5.39 Å². The molecule has 0 aliphatic rings. The number of aryl methyl sites for hydroxylation is 1. The summed E-state index contributed by atoms with van der Waals surface area (Å²) in [5.74, 6) is -0.495. The number of benzene rings is 2. The standard InChI is InChI=1S/C18H21NO4/c1-5-23-18(21)19(13(3)17(20)22-4)16-12(2)10-11-14-8-6-7-9-15(14)16/h6-11,13H,5H2,1-4H3/t13-/m0/s1.